The van der Waals surface area contributed by atoms with E-state index in [1.807, 2.05) is 6.26 Å². The average Bonchev–Trinajstić information content (AvgIpc) is 2.09. The van der Waals surface area contributed by atoms with Gasteiger partial charge < -0.3 is 0 Å². The van der Waals surface area contributed by atoms with Crippen molar-refractivity contribution >= 4 is 21.6 Å². The molecule has 0 aliphatic carbocycles. The summed E-state index contributed by atoms with van der Waals surface area (Å²) >= 11 is 1.40. The minimum Gasteiger partial charge on any atom is -0.228 e. The monoisotopic (exact) mass is 236 g/mol. The van der Waals surface area contributed by atoms with Crippen LogP contribution in [0.3, 0.4) is 0 Å². The van der Waals surface area contributed by atoms with E-state index in [-0.39, 0.29) is 10.5 Å². The van der Waals surface area contributed by atoms with Crippen LogP contribution in [0.2, 0.25) is 0 Å². The van der Waals surface area contributed by atoms with Crippen molar-refractivity contribution in [2.24, 2.45) is 5.92 Å². The minimum absolute atomic E-state index is 0.0833. The topological polar surface area (TPSA) is 34.1 Å². The number of allylic oxidation sites excluding steroid dienone is 1. The predicted octanol–water partition coefficient (Wildman–Crippen LogP) is 2.71. The van der Waals surface area contributed by atoms with E-state index in [2.05, 4.69) is 13.5 Å². The molecule has 2 unspecified atom stereocenters. The lowest BCUT2D eigenvalue weighted by atomic mass is 10.0. The van der Waals surface area contributed by atoms with Crippen molar-refractivity contribution in [1.82, 2.24) is 0 Å². The lowest BCUT2D eigenvalue weighted by Gasteiger charge is -2.20. The van der Waals surface area contributed by atoms with Crippen molar-refractivity contribution in [2.45, 2.75) is 30.8 Å². The van der Waals surface area contributed by atoms with E-state index in [4.69, 9.17) is 0 Å². The van der Waals surface area contributed by atoms with Crippen molar-refractivity contribution in [2.75, 3.05) is 12.5 Å². The molecular weight excluding hydrogens is 216 g/mol. The molecule has 0 aromatic heterocycles. The van der Waals surface area contributed by atoms with Gasteiger partial charge in [-0.3, -0.25) is 0 Å². The number of hydrogen-bond donors (Lipinski definition) is 0. The first-order valence-corrected chi connectivity index (χ1v) is 8.05. The standard InChI is InChI=1S/C10H20O2S2/c1-5-7-8-9(6-2)10(13-3)14(4,11)12/h6,9-10H,2,5,7-8H2,1,3-4H3. The number of unbranched alkanes of at least 4 members (excludes halogenated alkanes) is 1. The SMILES string of the molecule is C=CC(CCCC)C(SC)S(C)(=O)=O. The van der Waals surface area contributed by atoms with Crippen LogP contribution in [0.1, 0.15) is 26.2 Å². The van der Waals surface area contributed by atoms with Gasteiger partial charge in [-0.15, -0.1) is 18.3 Å². The van der Waals surface area contributed by atoms with Crippen molar-refractivity contribution in [3.8, 4) is 0 Å². The van der Waals surface area contributed by atoms with Crippen LogP contribution in [-0.4, -0.2) is 25.5 Å². The molecule has 4 heteroatoms. The Hall–Kier alpha value is 0.0400. The highest BCUT2D eigenvalue weighted by Gasteiger charge is 2.26. The van der Waals surface area contributed by atoms with E-state index in [1.54, 1.807) is 6.08 Å². The zero-order valence-electron chi connectivity index (χ0n) is 9.19. The van der Waals surface area contributed by atoms with Crippen molar-refractivity contribution in [3.05, 3.63) is 12.7 Å². The van der Waals surface area contributed by atoms with E-state index < -0.39 is 9.84 Å². The van der Waals surface area contributed by atoms with Gasteiger partial charge in [0, 0.05) is 12.2 Å². The highest BCUT2D eigenvalue weighted by Crippen LogP contribution is 2.27. The molecule has 0 saturated heterocycles. The molecule has 0 N–H and O–H groups in total. The number of thioether (sulfide) groups is 1. The van der Waals surface area contributed by atoms with Crippen molar-refractivity contribution in [3.63, 3.8) is 0 Å². The summed E-state index contributed by atoms with van der Waals surface area (Å²) in [5.41, 5.74) is 0. The van der Waals surface area contributed by atoms with Gasteiger partial charge in [-0.1, -0.05) is 25.8 Å². The van der Waals surface area contributed by atoms with Gasteiger partial charge in [-0.2, -0.15) is 0 Å². The lowest BCUT2D eigenvalue weighted by molar-refractivity contribution is 0.552. The van der Waals surface area contributed by atoms with Crippen molar-refractivity contribution in [1.29, 1.82) is 0 Å². The zero-order chi connectivity index (χ0) is 11.2. The molecule has 14 heavy (non-hydrogen) atoms. The first kappa shape index (κ1) is 14.0. The highest BCUT2D eigenvalue weighted by molar-refractivity contribution is 8.12. The second kappa shape index (κ2) is 6.51. The summed E-state index contributed by atoms with van der Waals surface area (Å²) in [6.07, 6.45) is 7.99. The molecule has 0 radical (unpaired) electrons. The molecule has 0 aliphatic rings. The van der Waals surface area contributed by atoms with Crippen LogP contribution in [0.5, 0.6) is 0 Å². The summed E-state index contributed by atoms with van der Waals surface area (Å²) in [7, 11) is -2.97. The molecule has 0 bridgehead atoms. The van der Waals surface area contributed by atoms with Gasteiger partial charge in [0.1, 0.15) is 4.58 Å². The largest absolute Gasteiger partial charge is 0.228 e. The van der Waals surface area contributed by atoms with Gasteiger partial charge in [0.25, 0.3) is 0 Å². The first-order chi connectivity index (χ1) is 6.47. The van der Waals surface area contributed by atoms with Gasteiger partial charge in [-0.05, 0) is 12.7 Å². The predicted molar refractivity (Wildman–Crippen MR) is 65.4 cm³/mol. The van der Waals surface area contributed by atoms with Gasteiger partial charge >= 0.3 is 0 Å². The Bertz CT molecular complexity index is 257. The minimum atomic E-state index is -2.97. The molecule has 0 rings (SSSR count). The number of sulfone groups is 1. The maximum Gasteiger partial charge on any atom is 0.160 e. The molecule has 2 nitrogen and oxygen atoms in total. The van der Waals surface area contributed by atoms with Gasteiger partial charge in [0.2, 0.25) is 0 Å². The Morgan fingerprint density at radius 1 is 1.50 bits per heavy atom. The molecule has 0 spiro atoms. The van der Waals surface area contributed by atoms with E-state index in [9.17, 15) is 8.42 Å². The summed E-state index contributed by atoms with van der Waals surface area (Å²) in [4.78, 5) is 0. The fourth-order valence-electron chi connectivity index (χ4n) is 1.47. The van der Waals surface area contributed by atoms with Gasteiger partial charge in [-0.25, -0.2) is 8.42 Å². The third-order valence-corrected chi connectivity index (χ3v) is 5.83. The third kappa shape index (κ3) is 4.51. The molecule has 0 aromatic carbocycles. The Balaban J connectivity index is 4.54. The van der Waals surface area contributed by atoms with E-state index in [1.165, 1.54) is 18.0 Å². The Morgan fingerprint density at radius 2 is 2.07 bits per heavy atom. The fourth-order valence-corrected chi connectivity index (χ4v) is 4.35. The van der Waals surface area contributed by atoms with Crippen LogP contribution in [0.25, 0.3) is 0 Å². The van der Waals surface area contributed by atoms with Crippen molar-refractivity contribution < 1.29 is 8.42 Å². The van der Waals surface area contributed by atoms with Crippen LogP contribution in [0, 0.1) is 5.92 Å². The maximum absolute atomic E-state index is 11.5. The second-order valence-corrected chi connectivity index (χ2v) is 6.92. The normalized spacial score (nSPS) is 16.2. The van der Waals surface area contributed by atoms with Crippen LogP contribution >= 0.6 is 11.8 Å². The van der Waals surface area contributed by atoms with Crippen LogP contribution in [-0.2, 0) is 9.84 Å². The van der Waals surface area contributed by atoms with E-state index in [0.717, 1.165) is 19.3 Å². The Kier molecular flexibility index (Phi) is 6.53. The van der Waals surface area contributed by atoms with Gasteiger partial charge in [0.05, 0.1) is 0 Å². The second-order valence-electron chi connectivity index (χ2n) is 3.48. The zero-order valence-corrected chi connectivity index (χ0v) is 10.8. The summed E-state index contributed by atoms with van der Waals surface area (Å²) in [6, 6.07) is 0. The molecular formula is C10H20O2S2. The summed E-state index contributed by atoms with van der Waals surface area (Å²) < 4.78 is 22.6. The van der Waals surface area contributed by atoms with E-state index in [0.29, 0.717) is 0 Å². The molecule has 2 atom stereocenters. The molecule has 0 heterocycles. The number of hydrogen-bond acceptors (Lipinski definition) is 3. The smallest absolute Gasteiger partial charge is 0.160 e. The Morgan fingerprint density at radius 3 is 2.36 bits per heavy atom. The lowest BCUT2D eigenvalue weighted by Crippen LogP contribution is -2.24. The quantitative estimate of drug-likeness (QED) is 0.637. The average molecular weight is 236 g/mol. The summed E-state index contributed by atoms with van der Waals surface area (Å²) in [5.74, 6) is 0.0833. The third-order valence-electron chi connectivity index (χ3n) is 2.20. The molecule has 0 fully saturated rings. The van der Waals surface area contributed by atoms with E-state index >= 15 is 0 Å². The molecule has 84 valence electrons. The fraction of sp³-hybridized carbons (Fsp3) is 0.800. The maximum atomic E-state index is 11.5. The first-order valence-electron chi connectivity index (χ1n) is 4.81. The summed E-state index contributed by atoms with van der Waals surface area (Å²) in [5, 5.41) is 0. The van der Waals surface area contributed by atoms with Gasteiger partial charge in [0.15, 0.2) is 9.84 Å². The molecule has 0 aromatic rings. The van der Waals surface area contributed by atoms with Crippen LogP contribution < -0.4 is 0 Å². The highest BCUT2D eigenvalue weighted by atomic mass is 32.3. The van der Waals surface area contributed by atoms with Crippen LogP contribution in [0.4, 0.5) is 0 Å². The summed E-state index contributed by atoms with van der Waals surface area (Å²) in [6.45, 7) is 5.82. The molecule has 0 amide bonds. The van der Waals surface area contributed by atoms with Crippen LogP contribution in [0.15, 0.2) is 12.7 Å². The Labute approximate surface area is 92.1 Å². The molecule has 0 aliphatic heterocycles. The molecule has 0 saturated carbocycles. The number of rotatable bonds is 7.